The SMILES string of the molecule is COc1ccc(COCC2(NC(=O)c3cnc4c(N(C)C(=O)OC(C)(C)C)cc(Cl)nn34)CC2)cc1[N+](=O)[O-]. The molecule has 3 aromatic rings. The molecular weight excluding hydrogens is 532 g/mol. The van der Waals surface area contributed by atoms with E-state index in [9.17, 15) is 19.7 Å². The van der Waals surface area contributed by atoms with Gasteiger partial charge < -0.3 is 19.5 Å². The number of aromatic nitrogens is 3. The van der Waals surface area contributed by atoms with Gasteiger partial charge in [0.05, 0.1) is 42.7 Å². The Morgan fingerprint density at radius 2 is 2.00 bits per heavy atom. The minimum Gasteiger partial charge on any atom is -0.490 e. The van der Waals surface area contributed by atoms with Crippen molar-refractivity contribution in [2.45, 2.75) is 51.4 Å². The zero-order valence-corrected chi connectivity index (χ0v) is 22.9. The number of nitro benzene ring substituents is 1. The smallest absolute Gasteiger partial charge is 0.414 e. The molecule has 1 aliphatic carbocycles. The average molecular weight is 561 g/mol. The highest BCUT2D eigenvalue weighted by molar-refractivity contribution is 6.29. The van der Waals surface area contributed by atoms with E-state index in [1.807, 2.05) is 0 Å². The zero-order valence-electron chi connectivity index (χ0n) is 22.2. The van der Waals surface area contributed by atoms with Crippen LogP contribution in [0.4, 0.5) is 16.2 Å². The van der Waals surface area contributed by atoms with Gasteiger partial charge in [-0.2, -0.15) is 5.10 Å². The third-order valence-corrected chi connectivity index (χ3v) is 6.18. The molecule has 1 aromatic carbocycles. The lowest BCUT2D eigenvalue weighted by Crippen LogP contribution is -2.41. The number of methoxy groups -OCH3 is 1. The Hall–Kier alpha value is -3.97. The van der Waals surface area contributed by atoms with E-state index in [0.29, 0.717) is 24.1 Å². The summed E-state index contributed by atoms with van der Waals surface area (Å²) in [4.78, 5) is 42.1. The summed E-state index contributed by atoms with van der Waals surface area (Å²) in [7, 11) is 2.88. The van der Waals surface area contributed by atoms with Gasteiger partial charge in [0.25, 0.3) is 5.91 Å². The van der Waals surface area contributed by atoms with Crippen LogP contribution in [0.2, 0.25) is 5.15 Å². The number of hydrogen-bond acceptors (Lipinski definition) is 9. The molecule has 39 heavy (non-hydrogen) atoms. The lowest BCUT2D eigenvalue weighted by Gasteiger charge is -2.24. The zero-order chi connectivity index (χ0) is 28.5. The fourth-order valence-electron chi connectivity index (χ4n) is 3.85. The molecule has 2 amide bonds. The Morgan fingerprint density at radius 1 is 1.28 bits per heavy atom. The Balaban J connectivity index is 1.45. The van der Waals surface area contributed by atoms with E-state index in [2.05, 4.69) is 15.4 Å². The highest BCUT2D eigenvalue weighted by Crippen LogP contribution is 2.37. The van der Waals surface area contributed by atoms with Crippen molar-refractivity contribution < 1.29 is 28.7 Å². The molecule has 14 heteroatoms. The summed E-state index contributed by atoms with van der Waals surface area (Å²) in [6.45, 7) is 5.59. The topological polar surface area (TPSA) is 150 Å². The molecule has 0 radical (unpaired) electrons. The lowest BCUT2D eigenvalue weighted by molar-refractivity contribution is -0.385. The average Bonchev–Trinajstić information content (AvgIpc) is 3.48. The number of ether oxygens (including phenoxy) is 3. The maximum atomic E-state index is 13.2. The molecular formula is C25H29ClN6O7. The fraction of sp³-hybridized carbons (Fsp3) is 0.440. The minimum absolute atomic E-state index is 0.0537. The normalized spacial score (nSPS) is 14.1. The van der Waals surface area contributed by atoms with Crippen LogP contribution in [-0.2, 0) is 16.1 Å². The first-order valence-electron chi connectivity index (χ1n) is 12.0. The van der Waals surface area contributed by atoms with Crippen LogP contribution in [0.1, 0.15) is 49.7 Å². The predicted octanol–water partition coefficient (Wildman–Crippen LogP) is 4.15. The van der Waals surface area contributed by atoms with Crippen molar-refractivity contribution in [2.75, 3.05) is 25.7 Å². The highest BCUT2D eigenvalue weighted by atomic mass is 35.5. The Morgan fingerprint density at radius 3 is 2.62 bits per heavy atom. The number of anilines is 1. The van der Waals surface area contributed by atoms with Gasteiger partial charge in [-0.05, 0) is 45.2 Å². The maximum absolute atomic E-state index is 13.2. The molecule has 1 N–H and O–H groups in total. The van der Waals surface area contributed by atoms with Crippen LogP contribution in [0, 0.1) is 10.1 Å². The molecule has 0 atom stereocenters. The van der Waals surface area contributed by atoms with Crippen LogP contribution in [-0.4, -0.2) is 63.4 Å². The first-order chi connectivity index (χ1) is 18.3. The van der Waals surface area contributed by atoms with Crippen molar-refractivity contribution in [1.82, 2.24) is 19.9 Å². The fourth-order valence-corrected chi connectivity index (χ4v) is 4.03. The summed E-state index contributed by atoms with van der Waals surface area (Å²) in [5.41, 5.74) is -0.143. The predicted molar refractivity (Wildman–Crippen MR) is 141 cm³/mol. The molecule has 208 valence electrons. The number of fused-ring (bicyclic) bond motifs is 1. The van der Waals surface area contributed by atoms with E-state index in [1.54, 1.807) is 26.8 Å². The number of nitrogens with one attached hydrogen (secondary N) is 1. The molecule has 0 aliphatic heterocycles. The van der Waals surface area contributed by atoms with Crippen molar-refractivity contribution in [3.63, 3.8) is 0 Å². The Kier molecular flexibility index (Phi) is 7.66. The molecule has 0 bridgehead atoms. The van der Waals surface area contributed by atoms with Crippen molar-refractivity contribution in [2.24, 2.45) is 0 Å². The number of halogens is 1. The summed E-state index contributed by atoms with van der Waals surface area (Å²) in [6.07, 6.45) is 2.13. The van der Waals surface area contributed by atoms with Crippen LogP contribution in [0.3, 0.4) is 0 Å². The first kappa shape index (κ1) is 28.0. The molecule has 0 spiro atoms. The summed E-state index contributed by atoms with van der Waals surface area (Å²) in [6, 6.07) is 6.07. The van der Waals surface area contributed by atoms with Crippen LogP contribution in [0.5, 0.6) is 5.75 Å². The number of nitrogens with zero attached hydrogens (tertiary/aromatic N) is 5. The van der Waals surface area contributed by atoms with Crippen LogP contribution in [0.25, 0.3) is 5.65 Å². The van der Waals surface area contributed by atoms with Gasteiger partial charge in [0.1, 0.15) is 5.60 Å². The second-order valence-electron chi connectivity index (χ2n) is 10.3. The van der Waals surface area contributed by atoms with Crippen LogP contribution >= 0.6 is 11.6 Å². The molecule has 2 heterocycles. The number of carbonyl (C=O) groups is 2. The molecule has 4 rings (SSSR count). The van der Waals surface area contributed by atoms with Crippen molar-refractivity contribution in [1.29, 1.82) is 0 Å². The van der Waals surface area contributed by atoms with Crippen molar-refractivity contribution in [3.8, 4) is 5.75 Å². The number of rotatable bonds is 9. The molecule has 13 nitrogen and oxygen atoms in total. The third kappa shape index (κ3) is 6.37. The highest BCUT2D eigenvalue weighted by Gasteiger charge is 2.45. The standard InChI is InChI=1S/C25H29ClN6O7/c1-24(2,3)39-23(34)30(4)17-11-20(26)29-31-18(12-27-21(17)31)22(33)28-25(8-9-25)14-38-13-15-6-7-19(37-5)16(10-15)32(35)36/h6-7,10-12H,8-9,13-14H2,1-5H3,(H,28,33). The monoisotopic (exact) mass is 560 g/mol. The number of hydrogen-bond donors (Lipinski definition) is 1. The number of benzene rings is 1. The summed E-state index contributed by atoms with van der Waals surface area (Å²) in [5, 5.41) is 18.5. The van der Waals surface area contributed by atoms with E-state index in [1.165, 1.54) is 48.0 Å². The van der Waals surface area contributed by atoms with Gasteiger partial charge >= 0.3 is 11.8 Å². The largest absolute Gasteiger partial charge is 0.490 e. The van der Waals surface area contributed by atoms with E-state index >= 15 is 0 Å². The number of nitro groups is 1. The van der Waals surface area contributed by atoms with Gasteiger partial charge in [0, 0.05) is 19.2 Å². The minimum atomic E-state index is -0.707. The van der Waals surface area contributed by atoms with Crippen LogP contribution < -0.4 is 15.0 Å². The van der Waals surface area contributed by atoms with Gasteiger partial charge in [-0.15, -0.1) is 0 Å². The van der Waals surface area contributed by atoms with Gasteiger partial charge in [-0.3, -0.25) is 19.8 Å². The van der Waals surface area contributed by atoms with E-state index in [-0.39, 0.29) is 41.1 Å². The number of imidazole rings is 1. The summed E-state index contributed by atoms with van der Waals surface area (Å²) >= 11 is 6.22. The summed E-state index contributed by atoms with van der Waals surface area (Å²) in [5.74, 6) is -0.277. The van der Waals surface area contributed by atoms with Gasteiger partial charge in [-0.1, -0.05) is 17.7 Å². The molecule has 1 fully saturated rings. The van der Waals surface area contributed by atoms with Gasteiger partial charge in [0.15, 0.2) is 22.2 Å². The summed E-state index contributed by atoms with van der Waals surface area (Å²) < 4.78 is 17.5. The van der Waals surface area contributed by atoms with E-state index in [4.69, 9.17) is 25.8 Å². The second-order valence-corrected chi connectivity index (χ2v) is 10.6. The quantitative estimate of drug-likeness (QED) is 0.300. The molecule has 1 saturated carbocycles. The Labute approximate surface area is 229 Å². The van der Waals surface area contributed by atoms with Gasteiger partial charge in [0.2, 0.25) is 0 Å². The third-order valence-electron chi connectivity index (χ3n) is 6.00. The lowest BCUT2D eigenvalue weighted by atomic mass is 10.2. The van der Waals surface area contributed by atoms with Gasteiger partial charge in [-0.25, -0.2) is 14.3 Å². The van der Waals surface area contributed by atoms with Crippen LogP contribution in [0.15, 0.2) is 30.5 Å². The van der Waals surface area contributed by atoms with Crippen molar-refractivity contribution >= 4 is 40.6 Å². The van der Waals surface area contributed by atoms with E-state index < -0.39 is 28.1 Å². The molecule has 1 aliphatic rings. The second kappa shape index (κ2) is 10.7. The maximum Gasteiger partial charge on any atom is 0.414 e. The molecule has 2 aromatic heterocycles. The number of carbonyl (C=O) groups excluding carboxylic acids is 2. The first-order valence-corrected chi connectivity index (χ1v) is 12.4. The van der Waals surface area contributed by atoms with E-state index in [0.717, 1.165) is 0 Å². The number of amides is 2. The molecule has 0 unspecified atom stereocenters. The van der Waals surface area contributed by atoms with Crippen molar-refractivity contribution in [3.05, 3.63) is 57.0 Å². The Bertz CT molecular complexity index is 1430. The molecule has 0 saturated heterocycles.